The van der Waals surface area contributed by atoms with Crippen molar-refractivity contribution < 1.29 is 14.4 Å². The maximum atomic E-state index is 13.2. The van der Waals surface area contributed by atoms with Gasteiger partial charge in [-0.05, 0) is 24.1 Å². The van der Waals surface area contributed by atoms with Crippen LogP contribution in [0, 0.1) is 11.8 Å². The van der Waals surface area contributed by atoms with Crippen molar-refractivity contribution in [3.05, 3.63) is 65.7 Å². The van der Waals surface area contributed by atoms with Crippen molar-refractivity contribution in [2.75, 3.05) is 11.4 Å². The van der Waals surface area contributed by atoms with Crippen LogP contribution in [-0.2, 0) is 16.0 Å². The van der Waals surface area contributed by atoms with Crippen molar-refractivity contribution in [2.24, 2.45) is 11.8 Å². The third-order valence-corrected chi connectivity index (χ3v) is 5.75. The van der Waals surface area contributed by atoms with Gasteiger partial charge in [0.15, 0.2) is 5.78 Å². The van der Waals surface area contributed by atoms with E-state index < -0.39 is 17.4 Å². The number of hydrogen-bond donors (Lipinski definition) is 1. The molecule has 0 radical (unpaired) electrons. The molecule has 5 heteroatoms. The Morgan fingerprint density at radius 2 is 1.64 bits per heavy atom. The number of benzene rings is 2. The Kier molecular flexibility index (Phi) is 2.83. The standard InChI is InChI=1S/C20H16N2O3/c23-17-14-9-5-4-6-12(14)10-20(17)16-15(11-21-20)18(24)22(19(16)25)13-7-2-1-3-8-13/h1-9,15-16,21H,10-11H2/t15-,16+,20-/m1/s1. The van der Waals surface area contributed by atoms with Crippen LogP contribution in [0.25, 0.3) is 0 Å². The van der Waals surface area contributed by atoms with E-state index in [4.69, 9.17) is 0 Å². The fraction of sp³-hybridized carbons (Fsp3) is 0.250. The van der Waals surface area contributed by atoms with Gasteiger partial charge in [0.2, 0.25) is 11.8 Å². The highest BCUT2D eigenvalue weighted by atomic mass is 16.2. The van der Waals surface area contributed by atoms with Gasteiger partial charge in [0.05, 0.1) is 23.1 Å². The van der Waals surface area contributed by atoms with Crippen molar-refractivity contribution in [3.8, 4) is 0 Å². The molecule has 0 bridgehead atoms. The number of anilines is 1. The van der Waals surface area contributed by atoms with Crippen LogP contribution in [0.1, 0.15) is 15.9 Å². The predicted octanol–water partition coefficient (Wildman–Crippen LogP) is 1.57. The number of carbonyl (C=O) groups is 3. The highest BCUT2D eigenvalue weighted by Crippen LogP contribution is 2.47. The molecule has 2 aliphatic heterocycles. The molecule has 2 aromatic rings. The van der Waals surface area contributed by atoms with Gasteiger partial charge in [0.1, 0.15) is 0 Å². The zero-order valence-electron chi connectivity index (χ0n) is 13.4. The lowest BCUT2D eigenvalue weighted by Gasteiger charge is -2.28. The largest absolute Gasteiger partial charge is 0.303 e. The van der Waals surface area contributed by atoms with E-state index in [1.807, 2.05) is 24.3 Å². The Morgan fingerprint density at radius 3 is 2.40 bits per heavy atom. The van der Waals surface area contributed by atoms with Gasteiger partial charge >= 0.3 is 0 Å². The van der Waals surface area contributed by atoms with Gasteiger partial charge in [-0.1, -0.05) is 42.5 Å². The first-order valence-electron chi connectivity index (χ1n) is 8.44. The van der Waals surface area contributed by atoms with Crippen LogP contribution in [0.5, 0.6) is 0 Å². The number of carbonyl (C=O) groups excluding carboxylic acids is 3. The molecular weight excluding hydrogens is 316 g/mol. The summed E-state index contributed by atoms with van der Waals surface area (Å²) in [5, 5.41) is 3.25. The third-order valence-electron chi connectivity index (χ3n) is 5.75. The first-order chi connectivity index (χ1) is 12.1. The van der Waals surface area contributed by atoms with Crippen LogP contribution in [-0.4, -0.2) is 29.7 Å². The minimum absolute atomic E-state index is 0.0633. The topological polar surface area (TPSA) is 66.5 Å². The molecule has 0 unspecified atom stereocenters. The summed E-state index contributed by atoms with van der Waals surface area (Å²) in [6, 6.07) is 16.4. The fourth-order valence-corrected chi connectivity index (χ4v) is 4.63. The molecule has 2 amide bonds. The van der Waals surface area contributed by atoms with Gasteiger partial charge < -0.3 is 5.32 Å². The second kappa shape index (κ2) is 4.86. The summed E-state index contributed by atoms with van der Waals surface area (Å²) in [6.07, 6.45) is 0.463. The Morgan fingerprint density at radius 1 is 0.920 bits per heavy atom. The van der Waals surface area contributed by atoms with E-state index in [-0.39, 0.29) is 17.6 Å². The number of rotatable bonds is 1. The zero-order chi connectivity index (χ0) is 17.2. The number of Topliss-reactive ketones (excluding diaryl/α,β-unsaturated/α-hetero) is 1. The van der Waals surface area contributed by atoms with Crippen LogP contribution >= 0.6 is 0 Å². The molecule has 2 heterocycles. The van der Waals surface area contributed by atoms with Crippen molar-refractivity contribution in [1.29, 1.82) is 0 Å². The summed E-state index contributed by atoms with van der Waals surface area (Å²) in [5.74, 6) is -1.67. The Hall–Kier alpha value is -2.79. The normalized spacial score (nSPS) is 30.2. The molecule has 5 nitrogen and oxygen atoms in total. The van der Waals surface area contributed by atoms with Crippen LogP contribution in [0.15, 0.2) is 54.6 Å². The molecule has 3 aliphatic rings. The molecule has 1 spiro atoms. The second-order valence-electron chi connectivity index (χ2n) is 6.95. The third kappa shape index (κ3) is 1.73. The van der Waals surface area contributed by atoms with Crippen molar-refractivity contribution >= 4 is 23.3 Å². The van der Waals surface area contributed by atoms with E-state index in [1.54, 1.807) is 30.3 Å². The van der Waals surface area contributed by atoms with E-state index in [0.29, 0.717) is 24.2 Å². The van der Waals surface area contributed by atoms with Gasteiger partial charge in [-0.2, -0.15) is 0 Å². The van der Waals surface area contributed by atoms with Crippen molar-refractivity contribution in [3.63, 3.8) is 0 Å². The predicted molar refractivity (Wildman–Crippen MR) is 91.1 cm³/mol. The monoisotopic (exact) mass is 332 g/mol. The average Bonchev–Trinajstić information content (AvgIpc) is 3.23. The molecular formula is C20H16N2O3. The number of nitrogens with one attached hydrogen (secondary N) is 1. The molecule has 2 saturated heterocycles. The Balaban J connectivity index is 1.59. The molecule has 2 fully saturated rings. The van der Waals surface area contributed by atoms with Crippen LogP contribution in [0.3, 0.4) is 0 Å². The number of hydrogen-bond acceptors (Lipinski definition) is 4. The van der Waals surface area contributed by atoms with E-state index in [9.17, 15) is 14.4 Å². The number of ketones is 1. The summed E-state index contributed by atoms with van der Waals surface area (Å²) >= 11 is 0. The maximum absolute atomic E-state index is 13.2. The molecule has 124 valence electrons. The minimum Gasteiger partial charge on any atom is -0.303 e. The van der Waals surface area contributed by atoms with Crippen LogP contribution in [0.2, 0.25) is 0 Å². The summed E-state index contributed by atoms with van der Waals surface area (Å²) in [4.78, 5) is 40.4. The molecule has 0 aromatic heterocycles. The van der Waals surface area contributed by atoms with Crippen molar-refractivity contribution in [1.82, 2.24) is 5.32 Å². The second-order valence-corrected chi connectivity index (χ2v) is 6.95. The Labute approximate surface area is 144 Å². The number of imide groups is 1. The number of fused-ring (bicyclic) bond motifs is 3. The molecule has 1 N–H and O–H groups in total. The number of para-hydroxylation sites is 1. The van der Waals surface area contributed by atoms with Crippen molar-refractivity contribution in [2.45, 2.75) is 12.0 Å². The van der Waals surface area contributed by atoms with Gasteiger partial charge in [-0.15, -0.1) is 0 Å². The van der Waals surface area contributed by atoms with Gasteiger partial charge in [-0.25, -0.2) is 4.90 Å². The summed E-state index contributed by atoms with van der Waals surface area (Å²) in [5.41, 5.74) is 1.20. The molecule has 1 aliphatic carbocycles. The highest BCUT2D eigenvalue weighted by Gasteiger charge is 2.66. The van der Waals surface area contributed by atoms with E-state index in [1.165, 1.54) is 4.90 Å². The number of amides is 2. The first-order valence-corrected chi connectivity index (χ1v) is 8.44. The summed E-state index contributed by atoms with van der Waals surface area (Å²) in [7, 11) is 0. The summed E-state index contributed by atoms with van der Waals surface area (Å²) < 4.78 is 0. The summed E-state index contributed by atoms with van der Waals surface area (Å²) in [6.45, 7) is 0.359. The van der Waals surface area contributed by atoms with E-state index in [2.05, 4.69) is 5.32 Å². The van der Waals surface area contributed by atoms with E-state index in [0.717, 1.165) is 5.56 Å². The van der Waals surface area contributed by atoms with Crippen LogP contribution in [0.4, 0.5) is 5.69 Å². The quantitative estimate of drug-likeness (QED) is 0.805. The molecule has 0 saturated carbocycles. The maximum Gasteiger partial charge on any atom is 0.240 e. The first kappa shape index (κ1) is 14.5. The molecule has 5 rings (SSSR count). The molecule has 3 atom stereocenters. The van der Waals surface area contributed by atoms with E-state index >= 15 is 0 Å². The molecule has 25 heavy (non-hydrogen) atoms. The number of nitrogens with zero attached hydrogens (tertiary/aromatic N) is 1. The SMILES string of the molecule is O=C1[C@@H]2[C@@H](CN[C@]23Cc2ccccc2C3=O)C(=O)N1c1ccccc1. The lowest BCUT2D eigenvalue weighted by Crippen LogP contribution is -2.54. The van der Waals surface area contributed by atoms with Gasteiger partial charge in [0.25, 0.3) is 0 Å². The van der Waals surface area contributed by atoms with Gasteiger partial charge in [-0.3, -0.25) is 14.4 Å². The van der Waals surface area contributed by atoms with Gasteiger partial charge in [0, 0.05) is 12.1 Å². The lowest BCUT2D eigenvalue weighted by molar-refractivity contribution is -0.123. The smallest absolute Gasteiger partial charge is 0.240 e. The Bertz CT molecular complexity index is 924. The highest BCUT2D eigenvalue weighted by molar-refractivity contribution is 6.25. The lowest BCUT2D eigenvalue weighted by atomic mass is 9.78. The average molecular weight is 332 g/mol. The molecule has 2 aromatic carbocycles. The minimum atomic E-state index is -0.982. The van der Waals surface area contributed by atoms with Crippen LogP contribution < -0.4 is 10.2 Å². The fourth-order valence-electron chi connectivity index (χ4n) is 4.63. The zero-order valence-corrected chi connectivity index (χ0v) is 13.4.